The first-order valence-corrected chi connectivity index (χ1v) is 9.00. The number of ether oxygens (including phenoxy) is 2. The molecule has 10 nitrogen and oxygen atoms in total. The molecule has 0 unspecified atom stereocenters. The summed E-state index contributed by atoms with van der Waals surface area (Å²) in [5.41, 5.74) is 1.37. The van der Waals surface area contributed by atoms with Gasteiger partial charge in [-0.2, -0.15) is 0 Å². The minimum atomic E-state index is -0.496. The van der Waals surface area contributed by atoms with Crippen molar-refractivity contribution in [2.75, 3.05) is 48.4 Å². The smallest absolute Gasteiger partial charge is 0.293 e. The van der Waals surface area contributed by atoms with Gasteiger partial charge in [0.1, 0.15) is 11.4 Å². The quantitative estimate of drug-likeness (QED) is 0.596. The van der Waals surface area contributed by atoms with E-state index in [9.17, 15) is 19.7 Å². The summed E-state index contributed by atoms with van der Waals surface area (Å²) in [5.74, 6) is -0.270. The predicted octanol–water partition coefficient (Wildman–Crippen LogP) is 2.01. The monoisotopic (exact) mass is 398 g/mol. The predicted molar refractivity (Wildman–Crippen MR) is 105 cm³/mol. The molecule has 2 aromatic carbocycles. The number of nitrogens with zero attached hydrogens (tertiary/aromatic N) is 2. The lowest BCUT2D eigenvalue weighted by Gasteiger charge is -2.28. The maximum Gasteiger partial charge on any atom is 0.293 e. The average Bonchev–Trinajstić information content (AvgIpc) is 2.73. The number of fused-ring (bicyclic) bond motifs is 1. The molecule has 2 aliphatic heterocycles. The van der Waals surface area contributed by atoms with Gasteiger partial charge in [0.15, 0.2) is 6.61 Å². The highest BCUT2D eigenvalue weighted by Crippen LogP contribution is 2.32. The van der Waals surface area contributed by atoms with Crippen LogP contribution in [0, 0.1) is 10.1 Å². The molecule has 29 heavy (non-hydrogen) atoms. The number of hydrogen-bond acceptors (Lipinski definition) is 7. The number of nitro benzene ring substituents is 1. The Bertz CT molecular complexity index is 987. The molecule has 0 spiro atoms. The molecule has 2 aromatic rings. The maximum atomic E-state index is 12.6. The molecule has 0 atom stereocenters. The van der Waals surface area contributed by atoms with E-state index in [-0.39, 0.29) is 23.8 Å². The number of benzene rings is 2. The molecule has 0 bridgehead atoms. The molecule has 0 radical (unpaired) electrons. The number of morpholine rings is 1. The first kappa shape index (κ1) is 18.7. The van der Waals surface area contributed by atoms with Crippen LogP contribution in [0.5, 0.6) is 5.75 Å². The fourth-order valence-electron chi connectivity index (χ4n) is 3.25. The van der Waals surface area contributed by atoms with Crippen LogP contribution in [0.3, 0.4) is 0 Å². The van der Waals surface area contributed by atoms with E-state index in [0.29, 0.717) is 49.1 Å². The molecule has 0 aromatic heterocycles. The van der Waals surface area contributed by atoms with Crippen LogP contribution in [0.2, 0.25) is 0 Å². The fraction of sp³-hybridized carbons (Fsp3) is 0.263. The normalized spacial score (nSPS) is 15.7. The summed E-state index contributed by atoms with van der Waals surface area (Å²) in [4.78, 5) is 37.0. The van der Waals surface area contributed by atoms with Crippen molar-refractivity contribution in [1.29, 1.82) is 0 Å². The van der Waals surface area contributed by atoms with Gasteiger partial charge >= 0.3 is 0 Å². The molecule has 1 saturated heterocycles. The van der Waals surface area contributed by atoms with Gasteiger partial charge in [0, 0.05) is 30.4 Å². The minimum Gasteiger partial charge on any atom is -0.482 e. The van der Waals surface area contributed by atoms with E-state index in [1.165, 1.54) is 6.07 Å². The number of carbonyl (C=O) groups is 2. The molecular formula is C19H18N4O6. The summed E-state index contributed by atoms with van der Waals surface area (Å²) < 4.78 is 10.6. The molecule has 1 fully saturated rings. The van der Waals surface area contributed by atoms with Crippen LogP contribution in [-0.2, 0) is 9.53 Å². The highest BCUT2D eigenvalue weighted by Gasteiger charge is 2.24. The molecule has 2 N–H and O–H groups in total. The first-order chi connectivity index (χ1) is 14.0. The fourth-order valence-corrected chi connectivity index (χ4v) is 3.25. The van der Waals surface area contributed by atoms with Gasteiger partial charge in [-0.1, -0.05) is 0 Å². The third-order valence-corrected chi connectivity index (χ3v) is 4.66. The number of nitro groups is 1. The topological polar surface area (TPSA) is 123 Å². The van der Waals surface area contributed by atoms with Gasteiger partial charge in [0.2, 0.25) is 0 Å². The lowest BCUT2D eigenvalue weighted by molar-refractivity contribution is -0.384. The maximum absolute atomic E-state index is 12.6. The van der Waals surface area contributed by atoms with Crippen LogP contribution in [-0.4, -0.2) is 49.6 Å². The number of hydrogen-bond donors (Lipinski definition) is 2. The Morgan fingerprint density at radius 3 is 2.72 bits per heavy atom. The van der Waals surface area contributed by atoms with Crippen LogP contribution in [0.4, 0.5) is 22.7 Å². The van der Waals surface area contributed by atoms with E-state index in [1.54, 1.807) is 30.3 Å². The minimum absolute atomic E-state index is 0.0577. The van der Waals surface area contributed by atoms with Crippen molar-refractivity contribution in [3.63, 3.8) is 0 Å². The van der Waals surface area contributed by atoms with E-state index < -0.39 is 10.8 Å². The van der Waals surface area contributed by atoms with Crippen molar-refractivity contribution in [2.24, 2.45) is 0 Å². The van der Waals surface area contributed by atoms with Gasteiger partial charge in [-0.15, -0.1) is 0 Å². The SMILES string of the molecule is O=C1COc2ccc(NC(=O)c3ccc(N4CCOCC4)c([N+](=O)[O-])c3)cc2N1. The van der Waals surface area contributed by atoms with Gasteiger partial charge < -0.3 is 25.0 Å². The Labute approximate surface area is 165 Å². The molecular weight excluding hydrogens is 380 g/mol. The van der Waals surface area contributed by atoms with Crippen LogP contribution < -0.4 is 20.3 Å². The zero-order valence-corrected chi connectivity index (χ0v) is 15.3. The average molecular weight is 398 g/mol. The molecule has 150 valence electrons. The summed E-state index contributed by atoms with van der Waals surface area (Å²) in [5, 5.41) is 16.9. The molecule has 2 aliphatic rings. The summed E-state index contributed by atoms with van der Waals surface area (Å²) in [7, 11) is 0. The third kappa shape index (κ3) is 3.97. The van der Waals surface area contributed by atoms with Gasteiger partial charge in [-0.3, -0.25) is 19.7 Å². The van der Waals surface area contributed by atoms with Gasteiger partial charge in [-0.05, 0) is 30.3 Å². The molecule has 10 heteroatoms. The zero-order valence-electron chi connectivity index (χ0n) is 15.3. The van der Waals surface area contributed by atoms with Crippen molar-refractivity contribution in [2.45, 2.75) is 0 Å². The van der Waals surface area contributed by atoms with Crippen molar-refractivity contribution in [3.8, 4) is 5.75 Å². The van der Waals surface area contributed by atoms with Crippen molar-refractivity contribution < 1.29 is 24.0 Å². The lowest BCUT2D eigenvalue weighted by Crippen LogP contribution is -2.36. The second-order valence-electron chi connectivity index (χ2n) is 6.56. The Balaban J connectivity index is 1.55. The molecule has 0 aliphatic carbocycles. The molecule has 0 saturated carbocycles. The Kier molecular flexibility index (Phi) is 5.00. The van der Waals surface area contributed by atoms with E-state index in [0.717, 1.165) is 0 Å². The van der Waals surface area contributed by atoms with E-state index in [1.807, 2.05) is 4.90 Å². The highest BCUT2D eigenvalue weighted by molar-refractivity contribution is 6.06. The van der Waals surface area contributed by atoms with Crippen molar-refractivity contribution >= 4 is 34.6 Å². The summed E-state index contributed by atoms with van der Waals surface area (Å²) in [6, 6.07) is 9.24. The van der Waals surface area contributed by atoms with E-state index >= 15 is 0 Å². The number of rotatable bonds is 4. The third-order valence-electron chi connectivity index (χ3n) is 4.66. The Morgan fingerprint density at radius 2 is 1.97 bits per heavy atom. The second kappa shape index (κ2) is 7.76. The van der Waals surface area contributed by atoms with Gasteiger partial charge in [0.05, 0.1) is 23.8 Å². The Morgan fingerprint density at radius 1 is 1.17 bits per heavy atom. The van der Waals surface area contributed by atoms with E-state index in [2.05, 4.69) is 10.6 Å². The highest BCUT2D eigenvalue weighted by atomic mass is 16.6. The molecule has 2 amide bonds. The van der Waals surface area contributed by atoms with Crippen molar-refractivity contribution in [1.82, 2.24) is 0 Å². The standard InChI is InChI=1S/C19H18N4O6/c24-18-11-29-17-4-2-13(10-14(17)21-18)20-19(25)12-1-3-15(16(9-12)23(26)27)22-5-7-28-8-6-22/h1-4,9-10H,5-8,11H2,(H,20,25)(H,21,24). The van der Waals surface area contributed by atoms with Crippen LogP contribution in [0.15, 0.2) is 36.4 Å². The molecule has 4 rings (SSSR count). The number of amides is 2. The lowest BCUT2D eigenvalue weighted by atomic mass is 10.1. The second-order valence-corrected chi connectivity index (χ2v) is 6.56. The summed E-state index contributed by atoms with van der Waals surface area (Å²) in [6.07, 6.45) is 0. The Hall–Kier alpha value is -3.66. The van der Waals surface area contributed by atoms with Gasteiger partial charge in [0.25, 0.3) is 17.5 Å². The summed E-state index contributed by atoms with van der Waals surface area (Å²) >= 11 is 0. The van der Waals surface area contributed by atoms with Crippen LogP contribution in [0.25, 0.3) is 0 Å². The number of carbonyl (C=O) groups excluding carboxylic acids is 2. The van der Waals surface area contributed by atoms with Crippen LogP contribution >= 0.6 is 0 Å². The summed E-state index contributed by atoms with van der Waals surface area (Å²) in [6.45, 7) is 2.04. The van der Waals surface area contributed by atoms with Gasteiger partial charge in [-0.25, -0.2) is 0 Å². The zero-order chi connectivity index (χ0) is 20.4. The van der Waals surface area contributed by atoms with E-state index in [4.69, 9.17) is 9.47 Å². The number of nitrogens with one attached hydrogen (secondary N) is 2. The number of anilines is 3. The largest absolute Gasteiger partial charge is 0.482 e. The van der Waals surface area contributed by atoms with Crippen LogP contribution in [0.1, 0.15) is 10.4 Å². The van der Waals surface area contributed by atoms with Crippen molar-refractivity contribution in [3.05, 3.63) is 52.1 Å². The molecule has 2 heterocycles. The first-order valence-electron chi connectivity index (χ1n) is 9.00.